The van der Waals surface area contributed by atoms with Crippen LogP contribution in [-0.2, 0) is 126 Å². The van der Waals surface area contributed by atoms with Gasteiger partial charge in [-0.3, -0.25) is 36.5 Å². The second-order valence-corrected chi connectivity index (χ2v) is 44.9. The van der Waals surface area contributed by atoms with E-state index < -0.39 is 187 Å². The molecule has 0 aromatic carbocycles. The minimum Gasteiger partial charge on any atom is -0.390 e. The number of fused-ring (bicyclic) bond motifs is 4. The molecule has 64 nitrogen and oxygen atoms in total. The zero-order valence-corrected chi connectivity index (χ0v) is 71.4. The van der Waals surface area contributed by atoms with Crippen molar-refractivity contribution in [1.82, 2.24) is 78.1 Å². The number of aromatic nitrogens is 16. The Hall–Kier alpha value is -5.12. The molecule has 12 heterocycles. The van der Waals surface area contributed by atoms with Crippen molar-refractivity contribution in [3.63, 3.8) is 0 Å². The van der Waals surface area contributed by atoms with E-state index in [1.807, 2.05) is 0 Å². The summed E-state index contributed by atoms with van der Waals surface area (Å²) in [5, 5.41) is 41.1. The lowest BCUT2D eigenvalue weighted by molar-refractivity contribution is -0.0482. The van der Waals surface area contributed by atoms with E-state index in [0.717, 1.165) is 33.0 Å². The van der Waals surface area contributed by atoms with Crippen LogP contribution in [0.15, 0.2) is 50.6 Å². The number of ether oxygens (including phenoxy) is 4. The number of hydrogen-bond acceptors (Lipinski definition) is 48. The number of rotatable bonds is 32. The highest BCUT2D eigenvalue weighted by Gasteiger charge is 2.49. The highest BCUT2D eigenvalue weighted by Crippen LogP contribution is 2.70. The number of aliphatic hydroxyl groups is 4. The summed E-state index contributed by atoms with van der Waals surface area (Å²) in [5.74, 6) is 0.599. The van der Waals surface area contributed by atoms with Crippen LogP contribution in [0.4, 0.5) is 23.3 Å². The number of nitrogens with zero attached hydrogens (tertiary/aromatic N) is 16. The molecule has 8 aromatic rings. The van der Waals surface area contributed by atoms with E-state index in [4.69, 9.17) is 99.1 Å². The summed E-state index contributed by atoms with van der Waals surface area (Å²) in [7, 11) is -60.3. The molecule has 4 saturated heterocycles. The SMILES string of the molecule is CP(=O)(OCC1CC(O)C(n2cnc3c(N)ncnc32)O1)OP(=O)(O)OP(=O)(O)O.CP(=O)(OCC1CCC(n2cnc3c(N)ncnc32)O1)OP(=O)(O)OP(=O)(O)O.CP(=O)(OCC1OC(n2cnc3c(N)ncnc32)C(O)C1O)OP(=O)(O)OP(=O)(O)O.CP(=O)(OCC1OC(n2cnc3c(N)ncnc32)CC1O)OP(=O)(O)OP(=O)(O)O. The molecular weight excluding hydrogens is 1880 g/mol. The number of aliphatic hydroxyl groups excluding tert-OH is 4. The molecule has 4 aliphatic heterocycles. The molecule has 0 bridgehead atoms. The molecule has 20 unspecified atom stereocenters. The Kier molecular flexibility index (Phi) is 31.4. The molecule has 0 saturated carbocycles. The van der Waals surface area contributed by atoms with Crippen LogP contribution in [0.2, 0.25) is 0 Å². The van der Waals surface area contributed by atoms with Crippen LogP contribution >= 0.6 is 93.0 Å². The lowest BCUT2D eigenvalue weighted by Crippen LogP contribution is -2.33. The molecule has 672 valence electrons. The van der Waals surface area contributed by atoms with Crippen LogP contribution in [0.1, 0.15) is 50.6 Å². The van der Waals surface area contributed by atoms with E-state index in [0.29, 0.717) is 46.3 Å². The summed E-state index contributed by atoms with van der Waals surface area (Å²) in [6.45, 7) is 1.19. The Morgan fingerprint density at radius 2 is 0.658 bits per heavy atom. The molecule has 120 heavy (non-hydrogen) atoms. The number of phosphoric acid groups is 8. The maximum atomic E-state index is 12.2. The van der Waals surface area contributed by atoms with E-state index in [-0.39, 0.29) is 53.9 Å². The van der Waals surface area contributed by atoms with Crippen molar-refractivity contribution in [2.45, 2.75) is 99.4 Å². The van der Waals surface area contributed by atoms with Crippen molar-refractivity contribution in [3.8, 4) is 0 Å². The quantitative estimate of drug-likeness (QED) is 0.0255. The third-order valence-electron chi connectivity index (χ3n) is 15.3. The Balaban J connectivity index is 0.000000182. The minimum atomic E-state index is -5.45. The average molecular weight is 1960 g/mol. The summed E-state index contributed by atoms with van der Waals surface area (Å²) in [4.78, 5) is 153. The number of hydrogen-bond donors (Lipinski definition) is 20. The first-order valence-corrected chi connectivity index (χ1v) is 52.3. The number of nitrogen functional groups attached to an aromatic ring is 4. The van der Waals surface area contributed by atoms with Gasteiger partial charge in [-0.15, -0.1) is 0 Å². The van der Waals surface area contributed by atoms with Crippen molar-refractivity contribution < 1.29 is 205 Å². The summed E-state index contributed by atoms with van der Waals surface area (Å²) in [5.41, 5.74) is 25.5. The number of anilines is 4. The topological polar surface area (TPSA) is 955 Å². The number of nitrogens with two attached hydrogens (primary N) is 4. The molecule has 24 N–H and O–H groups in total. The Morgan fingerprint density at radius 1 is 0.342 bits per heavy atom. The first-order valence-electron chi connectivity index (χ1n) is 32.2. The molecular formula is C44H72N20O44P12. The van der Waals surface area contributed by atoms with Crippen molar-refractivity contribution in [2.75, 3.05) is 76.0 Å². The van der Waals surface area contributed by atoms with Gasteiger partial charge in [0.25, 0.3) is 0 Å². The maximum Gasteiger partial charge on any atom is 0.488 e. The summed E-state index contributed by atoms with van der Waals surface area (Å²) < 4.78 is 217. The molecule has 4 fully saturated rings. The summed E-state index contributed by atoms with van der Waals surface area (Å²) in [6.07, 6.45) is -0.678. The number of imidazole rings is 4. The van der Waals surface area contributed by atoms with Crippen LogP contribution < -0.4 is 22.9 Å². The first-order chi connectivity index (χ1) is 55.1. The van der Waals surface area contributed by atoms with E-state index in [9.17, 15) is 94.8 Å². The molecule has 4 aliphatic rings. The zero-order valence-electron chi connectivity index (χ0n) is 60.6. The van der Waals surface area contributed by atoms with Crippen LogP contribution in [0.5, 0.6) is 0 Å². The van der Waals surface area contributed by atoms with E-state index in [1.54, 1.807) is 4.57 Å². The van der Waals surface area contributed by atoms with Crippen LogP contribution in [0, 0.1) is 0 Å². The monoisotopic (exact) mass is 1960 g/mol. The highest BCUT2D eigenvalue weighted by molar-refractivity contribution is 7.70. The van der Waals surface area contributed by atoms with Gasteiger partial charge in [-0.25, -0.2) is 114 Å². The zero-order chi connectivity index (χ0) is 89.3. The summed E-state index contributed by atoms with van der Waals surface area (Å²) in [6, 6.07) is 0. The average Bonchev–Trinajstić information content (AvgIpc) is 1.65. The molecule has 0 spiro atoms. The third kappa shape index (κ3) is 28.2. The molecule has 12 rings (SSSR count). The predicted molar refractivity (Wildman–Crippen MR) is 391 cm³/mol. The van der Waals surface area contributed by atoms with Gasteiger partial charge in [0.2, 0.25) is 0 Å². The van der Waals surface area contributed by atoms with Gasteiger partial charge in [0.15, 0.2) is 58.3 Å². The second kappa shape index (κ2) is 38.2. The van der Waals surface area contributed by atoms with Gasteiger partial charge >= 0.3 is 93.0 Å². The maximum absolute atomic E-state index is 12.2. The van der Waals surface area contributed by atoms with Gasteiger partial charge in [-0.1, -0.05) is 0 Å². The van der Waals surface area contributed by atoms with Crippen LogP contribution in [-0.4, -0.2) is 259 Å². The van der Waals surface area contributed by atoms with Gasteiger partial charge in [0.1, 0.15) is 90.4 Å². The second-order valence-electron chi connectivity index (χ2n) is 24.8. The van der Waals surface area contributed by atoms with E-state index in [2.05, 4.69) is 94.3 Å². The largest absolute Gasteiger partial charge is 0.488 e. The molecule has 76 heteroatoms. The minimum absolute atomic E-state index is 0.0284. The molecule has 0 radical (unpaired) electrons. The highest BCUT2D eigenvalue weighted by atomic mass is 31.3. The fraction of sp³-hybridized carbons (Fsp3) is 0.545. The molecule has 0 aliphatic carbocycles. The fourth-order valence-electron chi connectivity index (χ4n) is 10.8. The van der Waals surface area contributed by atoms with Gasteiger partial charge in [-0.2, -0.15) is 17.2 Å². The predicted octanol–water partition coefficient (Wildman–Crippen LogP) is 0.491. The van der Waals surface area contributed by atoms with Crippen molar-refractivity contribution in [1.29, 1.82) is 0 Å². The fourth-order valence-corrected chi connectivity index (χ4v) is 25.1. The van der Waals surface area contributed by atoms with Crippen molar-refractivity contribution in [2.24, 2.45) is 0 Å². The molecule has 0 amide bonds. The normalized spacial score (nSPS) is 26.5. The Morgan fingerprint density at radius 3 is 1.02 bits per heavy atom. The van der Waals surface area contributed by atoms with E-state index >= 15 is 0 Å². The molecule has 8 aromatic heterocycles. The smallest absolute Gasteiger partial charge is 0.390 e. The third-order valence-corrected chi connectivity index (χ3v) is 32.5. The lowest BCUT2D eigenvalue weighted by Gasteiger charge is -2.20. The molecule has 20 atom stereocenters. The Labute approximate surface area is 668 Å². The van der Waals surface area contributed by atoms with Gasteiger partial charge in [0, 0.05) is 39.5 Å². The first kappa shape index (κ1) is 98.7. The van der Waals surface area contributed by atoms with Gasteiger partial charge < -0.3 is 139 Å². The summed E-state index contributed by atoms with van der Waals surface area (Å²) >= 11 is 0. The van der Waals surface area contributed by atoms with Crippen LogP contribution in [0.25, 0.3) is 44.7 Å². The van der Waals surface area contributed by atoms with Crippen LogP contribution in [0.3, 0.4) is 0 Å². The lowest BCUT2D eigenvalue weighted by atomic mass is 10.1. The van der Waals surface area contributed by atoms with Gasteiger partial charge in [-0.05, 0) is 12.8 Å². The Bertz CT molecular complexity index is 5630. The van der Waals surface area contributed by atoms with Crippen molar-refractivity contribution >= 4 is 161 Å². The van der Waals surface area contributed by atoms with E-state index in [1.165, 1.54) is 58.0 Å². The van der Waals surface area contributed by atoms with Crippen molar-refractivity contribution in [3.05, 3.63) is 50.6 Å². The standard InChI is InChI=1S/C11H18N5O12P3.2C11H18N5O11P3.C11H18N5O10P3/c1-29(19,27-31(23,24)28-30(20,21)22)25-2-5-7(17)8(18)11(26-5)16-4-15-6-9(12)13-3-14-10(6)16;1-28(18,26-30(22,23)27-29(19,20)21)24-3-7-6(17)2-8(25-7)16-5-15-9-10(12)13-4-14-11(9)16;1-28(18,26-30(22,23)27-29(19,20)21)24-3-6-2-7(17)11(25-6)16-5-15-8-9(12)13-4-14-10(8)16;1-27(17,25-29(21,22)26-28(18,19)20)23-4-7-2-3-8(24-7)16-6-15-9-10(12)13-5-14-11(9)16/h3-5,7-8,11,17-18H,2H2,1H3,(H,23,24)(H2,12,13,14)(H2,20,21,22);4-8,17H,2-3H2,1H3,(H,22,23)(H2,12,13,14)(H2,19,20,21);4-7,11,17H,2-3H2,1H3,(H,22,23)(H2,12,13,14)(H2,19,20,21);5-8H,2-4H2,1H3,(H,21,22)(H2,12,13,14)(H2,18,19,20). The van der Waals surface area contributed by atoms with Gasteiger partial charge in [0.05, 0.1) is 70.0 Å².